The Kier molecular flexibility index (Phi) is 2.67. The predicted octanol–water partition coefficient (Wildman–Crippen LogP) is 0.928. The van der Waals surface area contributed by atoms with E-state index in [1.54, 1.807) is 0 Å². The molecular weight excluding hydrogens is 176 g/mol. The van der Waals surface area contributed by atoms with Gasteiger partial charge in [0.2, 0.25) is 0 Å². The number of rotatable bonds is 1. The lowest BCUT2D eigenvalue weighted by Gasteiger charge is -2.20. The fourth-order valence-corrected chi connectivity index (χ4v) is 2.72. The van der Waals surface area contributed by atoms with Gasteiger partial charge >= 0.3 is 5.97 Å². The molecule has 1 rings (SSSR count). The molecule has 1 N–H and O–H groups in total. The third-order valence-electron chi connectivity index (χ3n) is 2.17. The predicted molar refractivity (Wildman–Crippen MR) is 47.4 cm³/mol. The molecule has 12 heavy (non-hydrogen) atoms. The molecule has 0 saturated heterocycles. The highest BCUT2D eigenvalue weighted by Crippen LogP contribution is 2.22. The van der Waals surface area contributed by atoms with E-state index in [-0.39, 0.29) is 0 Å². The number of carbonyl (C=O) groups is 1. The van der Waals surface area contributed by atoms with Crippen molar-refractivity contribution in [1.82, 2.24) is 0 Å². The second-order valence-corrected chi connectivity index (χ2v) is 4.74. The Labute approximate surface area is 73.9 Å². The van der Waals surface area contributed by atoms with Crippen LogP contribution in [0.4, 0.5) is 0 Å². The van der Waals surface area contributed by atoms with Gasteiger partial charge < -0.3 is 5.11 Å². The zero-order valence-electron chi connectivity index (χ0n) is 7.16. The fourth-order valence-electron chi connectivity index (χ4n) is 1.18. The van der Waals surface area contributed by atoms with Crippen LogP contribution in [0.1, 0.15) is 20.3 Å². The van der Waals surface area contributed by atoms with Gasteiger partial charge in [-0.15, -0.1) is 0 Å². The molecule has 0 bridgehead atoms. The molecule has 0 amide bonds. The third-order valence-corrected chi connectivity index (χ3v) is 3.89. The first-order chi connectivity index (χ1) is 5.52. The first-order valence-electron chi connectivity index (χ1n) is 3.77. The van der Waals surface area contributed by atoms with Gasteiger partial charge in [0, 0.05) is 16.6 Å². The maximum absolute atomic E-state index is 11.3. The Morgan fingerprint density at radius 3 is 2.58 bits per heavy atom. The van der Waals surface area contributed by atoms with Crippen LogP contribution < -0.4 is 0 Å². The van der Waals surface area contributed by atoms with E-state index in [2.05, 4.69) is 0 Å². The Balaban J connectivity index is 2.86. The summed E-state index contributed by atoms with van der Waals surface area (Å²) in [6, 6.07) is 0. The average Bonchev–Trinajstić information content (AvgIpc) is 1.96. The van der Waals surface area contributed by atoms with Crippen molar-refractivity contribution in [2.75, 3.05) is 5.75 Å². The van der Waals surface area contributed by atoms with Crippen LogP contribution in [0.25, 0.3) is 0 Å². The lowest BCUT2D eigenvalue weighted by molar-refractivity contribution is -0.136. The minimum absolute atomic E-state index is 0.419. The van der Waals surface area contributed by atoms with Crippen molar-refractivity contribution in [2.24, 2.45) is 0 Å². The zero-order valence-corrected chi connectivity index (χ0v) is 7.98. The van der Waals surface area contributed by atoms with Crippen LogP contribution in [0.5, 0.6) is 0 Å². The molecule has 4 heteroatoms. The maximum Gasteiger partial charge on any atom is 0.319 e. The second-order valence-electron chi connectivity index (χ2n) is 3.12. The van der Waals surface area contributed by atoms with Crippen LogP contribution >= 0.6 is 0 Å². The molecule has 1 aliphatic rings. The van der Waals surface area contributed by atoms with Gasteiger partial charge in [-0.05, 0) is 20.3 Å². The molecule has 0 aromatic rings. The molecule has 1 heterocycles. The van der Waals surface area contributed by atoms with E-state index in [4.69, 9.17) is 5.11 Å². The van der Waals surface area contributed by atoms with Crippen molar-refractivity contribution in [2.45, 2.75) is 25.5 Å². The summed E-state index contributed by atoms with van der Waals surface area (Å²) in [5, 5.41) is 8.01. The largest absolute Gasteiger partial charge is 0.480 e. The second kappa shape index (κ2) is 3.39. The third kappa shape index (κ3) is 1.75. The van der Waals surface area contributed by atoms with Gasteiger partial charge in [-0.1, -0.05) is 11.1 Å². The van der Waals surface area contributed by atoms with Crippen LogP contribution in [0.15, 0.2) is 11.1 Å². The van der Waals surface area contributed by atoms with Gasteiger partial charge in [-0.3, -0.25) is 9.00 Å². The van der Waals surface area contributed by atoms with Crippen molar-refractivity contribution < 1.29 is 14.1 Å². The molecule has 0 spiro atoms. The van der Waals surface area contributed by atoms with E-state index in [0.717, 1.165) is 11.1 Å². The zero-order chi connectivity index (χ0) is 9.30. The lowest BCUT2D eigenvalue weighted by atomic mass is 10.1. The average molecular weight is 188 g/mol. The quantitative estimate of drug-likeness (QED) is 0.623. The Morgan fingerprint density at radius 2 is 2.08 bits per heavy atom. The summed E-state index contributed by atoms with van der Waals surface area (Å²) in [5.41, 5.74) is 2.15. The highest BCUT2D eigenvalue weighted by atomic mass is 32.2. The summed E-state index contributed by atoms with van der Waals surface area (Å²) in [7, 11) is -1.22. The molecular formula is C8H12O3S. The lowest BCUT2D eigenvalue weighted by Crippen LogP contribution is -2.31. The summed E-state index contributed by atoms with van der Waals surface area (Å²) in [6.07, 6.45) is 0.438. The maximum atomic E-state index is 11.3. The summed E-state index contributed by atoms with van der Waals surface area (Å²) in [4.78, 5) is 10.6. The number of hydrogen-bond donors (Lipinski definition) is 1. The molecule has 0 aromatic heterocycles. The van der Waals surface area contributed by atoms with Crippen molar-refractivity contribution in [3.05, 3.63) is 11.1 Å². The first-order valence-corrected chi connectivity index (χ1v) is 5.15. The van der Waals surface area contributed by atoms with Gasteiger partial charge in [0.1, 0.15) is 5.25 Å². The van der Waals surface area contributed by atoms with E-state index in [0.29, 0.717) is 12.2 Å². The Hall–Kier alpha value is -0.640. The van der Waals surface area contributed by atoms with Crippen LogP contribution in [-0.4, -0.2) is 26.3 Å². The van der Waals surface area contributed by atoms with E-state index in [9.17, 15) is 9.00 Å². The van der Waals surface area contributed by atoms with Crippen LogP contribution in [-0.2, 0) is 15.6 Å². The van der Waals surface area contributed by atoms with Crippen molar-refractivity contribution in [3.8, 4) is 0 Å². The molecule has 3 nitrogen and oxygen atoms in total. The number of aliphatic carboxylic acids is 1. The smallest absolute Gasteiger partial charge is 0.319 e. The fraction of sp³-hybridized carbons (Fsp3) is 0.625. The number of allylic oxidation sites excluding steroid dienone is 1. The van der Waals surface area contributed by atoms with E-state index >= 15 is 0 Å². The SMILES string of the molecule is CC1=C(C)C[S@](=O)[C@@H](C(=O)O)C1. The summed E-state index contributed by atoms with van der Waals surface area (Å²) < 4.78 is 11.3. The normalized spacial score (nSPS) is 30.5. The summed E-state index contributed by atoms with van der Waals surface area (Å²) in [6.45, 7) is 3.81. The first kappa shape index (κ1) is 9.45. The van der Waals surface area contributed by atoms with Gasteiger partial charge in [0.25, 0.3) is 0 Å². The highest BCUT2D eigenvalue weighted by Gasteiger charge is 2.29. The molecule has 2 atom stereocenters. The number of hydrogen-bond acceptors (Lipinski definition) is 2. The monoisotopic (exact) mass is 188 g/mol. The summed E-state index contributed by atoms with van der Waals surface area (Å²) in [5.74, 6) is -0.525. The molecule has 0 aromatic carbocycles. The minimum Gasteiger partial charge on any atom is -0.480 e. The number of carboxylic acid groups (broad SMARTS) is 1. The molecule has 0 fully saturated rings. The minimum atomic E-state index is -1.22. The van der Waals surface area contributed by atoms with Crippen molar-refractivity contribution in [3.63, 3.8) is 0 Å². The van der Waals surface area contributed by atoms with Gasteiger partial charge in [-0.25, -0.2) is 0 Å². The summed E-state index contributed by atoms with van der Waals surface area (Å²) >= 11 is 0. The van der Waals surface area contributed by atoms with Gasteiger partial charge in [-0.2, -0.15) is 0 Å². The van der Waals surface area contributed by atoms with Gasteiger partial charge in [0.05, 0.1) is 0 Å². The number of carboxylic acids is 1. The van der Waals surface area contributed by atoms with Crippen LogP contribution in [0, 0.1) is 0 Å². The molecule has 0 aliphatic carbocycles. The Morgan fingerprint density at radius 1 is 1.50 bits per heavy atom. The van der Waals surface area contributed by atoms with E-state index in [1.807, 2.05) is 13.8 Å². The van der Waals surface area contributed by atoms with Crippen molar-refractivity contribution >= 4 is 16.8 Å². The van der Waals surface area contributed by atoms with Gasteiger partial charge in [0.15, 0.2) is 0 Å². The molecule has 68 valence electrons. The van der Waals surface area contributed by atoms with Crippen LogP contribution in [0.2, 0.25) is 0 Å². The van der Waals surface area contributed by atoms with E-state index < -0.39 is 22.0 Å². The molecule has 1 aliphatic heterocycles. The molecule has 0 unspecified atom stereocenters. The van der Waals surface area contributed by atoms with Crippen molar-refractivity contribution in [1.29, 1.82) is 0 Å². The van der Waals surface area contributed by atoms with E-state index in [1.165, 1.54) is 0 Å². The Bertz CT molecular complexity index is 267. The van der Waals surface area contributed by atoms with Crippen LogP contribution in [0.3, 0.4) is 0 Å². The molecule has 0 radical (unpaired) electrons. The topological polar surface area (TPSA) is 54.4 Å². The standard InChI is InChI=1S/C8H12O3S/c1-5-3-7(8(9)10)12(11)4-6(5)2/h7H,3-4H2,1-2H3,(H,9,10)/t7-,12+/m1/s1. The highest BCUT2D eigenvalue weighted by molar-refractivity contribution is 7.86. The molecule has 0 saturated carbocycles.